The van der Waals surface area contributed by atoms with E-state index in [1.165, 1.54) is 5.56 Å². The maximum absolute atomic E-state index is 9.35. The topological polar surface area (TPSA) is 35.8 Å². The molecule has 0 fully saturated rings. The molecule has 0 aliphatic rings. The van der Waals surface area contributed by atoms with Crippen LogP contribution in [0, 0.1) is 11.3 Å². The lowest BCUT2D eigenvalue weighted by Gasteiger charge is -2.11. The van der Waals surface area contributed by atoms with Crippen LogP contribution in [-0.4, -0.2) is 5.75 Å². The number of hydrogen-bond donors (Lipinski definition) is 1. The first kappa shape index (κ1) is 15.0. The molecule has 0 radical (unpaired) electrons. The summed E-state index contributed by atoms with van der Waals surface area (Å²) in [7, 11) is 0. The van der Waals surface area contributed by atoms with E-state index in [4.69, 9.17) is 0 Å². The van der Waals surface area contributed by atoms with Gasteiger partial charge in [-0.2, -0.15) is 5.26 Å². The zero-order chi connectivity index (χ0) is 14.4. The van der Waals surface area contributed by atoms with Crippen LogP contribution in [0.3, 0.4) is 0 Å². The van der Waals surface area contributed by atoms with Gasteiger partial charge in [-0.15, -0.1) is 11.8 Å². The van der Waals surface area contributed by atoms with Crippen LogP contribution in [-0.2, 0) is 6.54 Å². The van der Waals surface area contributed by atoms with Gasteiger partial charge in [0.1, 0.15) is 6.07 Å². The summed E-state index contributed by atoms with van der Waals surface area (Å²) in [5.41, 5.74) is 2.82. The molecule has 20 heavy (non-hydrogen) atoms. The number of halogens is 1. The van der Waals surface area contributed by atoms with E-state index in [0.717, 1.165) is 26.4 Å². The first-order valence-electron chi connectivity index (χ1n) is 6.38. The predicted molar refractivity (Wildman–Crippen MR) is 89.0 cm³/mol. The van der Waals surface area contributed by atoms with Crippen LogP contribution in [0.5, 0.6) is 0 Å². The van der Waals surface area contributed by atoms with Crippen LogP contribution in [0.2, 0.25) is 0 Å². The number of anilines is 1. The molecule has 102 valence electrons. The highest BCUT2D eigenvalue weighted by Crippen LogP contribution is 2.28. The van der Waals surface area contributed by atoms with Gasteiger partial charge in [0.05, 0.1) is 11.3 Å². The third-order valence-corrected chi connectivity index (χ3v) is 4.30. The monoisotopic (exact) mass is 346 g/mol. The average molecular weight is 347 g/mol. The van der Waals surface area contributed by atoms with E-state index in [0.29, 0.717) is 6.54 Å². The summed E-state index contributed by atoms with van der Waals surface area (Å²) in [6.07, 6.45) is 0. The average Bonchev–Trinajstić information content (AvgIpc) is 2.47. The SMILES string of the molecule is CCSc1cccc(NCc2ccc(Br)cc2)c1C#N. The van der Waals surface area contributed by atoms with Gasteiger partial charge in [-0.25, -0.2) is 0 Å². The minimum Gasteiger partial charge on any atom is -0.380 e. The van der Waals surface area contributed by atoms with Crippen LogP contribution in [0.4, 0.5) is 5.69 Å². The minimum absolute atomic E-state index is 0.711. The van der Waals surface area contributed by atoms with Gasteiger partial charge in [-0.1, -0.05) is 41.1 Å². The first-order chi connectivity index (χ1) is 9.74. The van der Waals surface area contributed by atoms with Crippen LogP contribution in [0.15, 0.2) is 51.8 Å². The summed E-state index contributed by atoms with van der Waals surface area (Å²) in [5.74, 6) is 0.963. The maximum Gasteiger partial charge on any atom is 0.102 e. The molecule has 2 rings (SSSR count). The van der Waals surface area contributed by atoms with Crippen molar-refractivity contribution >= 4 is 33.4 Å². The molecule has 0 unspecified atom stereocenters. The fraction of sp³-hybridized carbons (Fsp3) is 0.188. The van der Waals surface area contributed by atoms with E-state index in [9.17, 15) is 5.26 Å². The smallest absolute Gasteiger partial charge is 0.102 e. The molecule has 0 aliphatic carbocycles. The quantitative estimate of drug-likeness (QED) is 0.770. The van der Waals surface area contributed by atoms with Crippen molar-refractivity contribution in [1.29, 1.82) is 5.26 Å². The van der Waals surface area contributed by atoms with Crippen LogP contribution < -0.4 is 5.32 Å². The number of benzene rings is 2. The number of nitriles is 1. The first-order valence-corrected chi connectivity index (χ1v) is 8.16. The van der Waals surface area contributed by atoms with Gasteiger partial charge < -0.3 is 5.32 Å². The van der Waals surface area contributed by atoms with E-state index in [-0.39, 0.29) is 0 Å². The van der Waals surface area contributed by atoms with Crippen LogP contribution >= 0.6 is 27.7 Å². The molecule has 0 saturated heterocycles. The molecule has 2 aromatic carbocycles. The molecule has 0 heterocycles. The third-order valence-electron chi connectivity index (χ3n) is 2.83. The van der Waals surface area contributed by atoms with Gasteiger partial charge in [0.25, 0.3) is 0 Å². The Hall–Kier alpha value is -1.44. The lowest BCUT2D eigenvalue weighted by Crippen LogP contribution is -2.02. The lowest BCUT2D eigenvalue weighted by atomic mass is 10.1. The lowest BCUT2D eigenvalue weighted by molar-refractivity contribution is 1.14. The van der Waals surface area contributed by atoms with Crippen LogP contribution in [0.25, 0.3) is 0 Å². The molecular weight excluding hydrogens is 332 g/mol. The fourth-order valence-corrected chi connectivity index (χ4v) is 2.92. The Morgan fingerprint density at radius 3 is 2.60 bits per heavy atom. The molecule has 2 nitrogen and oxygen atoms in total. The van der Waals surface area contributed by atoms with Crippen molar-refractivity contribution in [3.8, 4) is 6.07 Å². The van der Waals surface area contributed by atoms with Crippen molar-refractivity contribution in [2.75, 3.05) is 11.1 Å². The minimum atomic E-state index is 0.711. The fourth-order valence-electron chi connectivity index (χ4n) is 1.87. The van der Waals surface area contributed by atoms with E-state index in [2.05, 4.69) is 46.4 Å². The molecule has 2 aromatic rings. The van der Waals surface area contributed by atoms with Crippen molar-refractivity contribution in [2.24, 2.45) is 0 Å². The normalized spacial score (nSPS) is 10.1. The molecule has 1 N–H and O–H groups in total. The highest BCUT2D eigenvalue weighted by atomic mass is 79.9. The summed E-state index contributed by atoms with van der Waals surface area (Å²) in [4.78, 5) is 1.04. The van der Waals surface area contributed by atoms with Crippen molar-refractivity contribution < 1.29 is 0 Å². The number of nitrogens with one attached hydrogen (secondary N) is 1. The Balaban J connectivity index is 2.15. The molecule has 0 amide bonds. The Morgan fingerprint density at radius 1 is 1.20 bits per heavy atom. The molecular formula is C16H15BrN2S. The van der Waals surface area contributed by atoms with Crippen LogP contribution in [0.1, 0.15) is 18.1 Å². The Bertz CT molecular complexity index is 617. The van der Waals surface area contributed by atoms with Gasteiger partial charge in [-0.3, -0.25) is 0 Å². The summed E-state index contributed by atoms with van der Waals surface area (Å²) >= 11 is 5.12. The van der Waals surface area contributed by atoms with E-state index in [1.807, 2.05) is 30.3 Å². The number of rotatable bonds is 5. The van der Waals surface area contributed by atoms with Crippen molar-refractivity contribution in [3.05, 3.63) is 58.1 Å². The van der Waals surface area contributed by atoms with Crippen molar-refractivity contribution in [3.63, 3.8) is 0 Å². The zero-order valence-corrected chi connectivity index (χ0v) is 13.6. The second-order valence-electron chi connectivity index (χ2n) is 4.20. The summed E-state index contributed by atoms with van der Waals surface area (Å²) in [6.45, 7) is 2.80. The summed E-state index contributed by atoms with van der Waals surface area (Å²) in [5, 5.41) is 12.7. The van der Waals surface area contributed by atoms with Gasteiger partial charge in [0.2, 0.25) is 0 Å². The molecule has 4 heteroatoms. The molecule has 0 aliphatic heterocycles. The highest BCUT2D eigenvalue weighted by molar-refractivity contribution is 9.10. The van der Waals surface area contributed by atoms with Gasteiger partial charge in [0.15, 0.2) is 0 Å². The van der Waals surface area contributed by atoms with E-state index in [1.54, 1.807) is 11.8 Å². The molecule has 0 saturated carbocycles. The Kier molecular flexibility index (Phi) is 5.51. The highest BCUT2D eigenvalue weighted by Gasteiger charge is 2.07. The van der Waals surface area contributed by atoms with Gasteiger partial charge >= 0.3 is 0 Å². The predicted octanol–water partition coefficient (Wildman–Crippen LogP) is 5.04. The second-order valence-corrected chi connectivity index (χ2v) is 6.43. The standard InChI is InChI=1S/C16H15BrN2S/c1-2-20-16-5-3-4-15(14(16)10-18)19-11-12-6-8-13(17)9-7-12/h3-9,19H,2,11H2,1H3. The van der Waals surface area contributed by atoms with Crippen molar-refractivity contribution in [1.82, 2.24) is 0 Å². The van der Waals surface area contributed by atoms with Crippen molar-refractivity contribution in [2.45, 2.75) is 18.4 Å². The van der Waals surface area contributed by atoms with Gasteiger partial charge in [-0.05, 0) is 35.6 Å². The third kappa shape index (κ3) is 3.78. The second kappa shape index (κ2) is 7.37. The largest absolute Gasteiger partial charge is 0.380 e. The van der Waals surface area contributed by atoms with E-state index >= 15 is 0 Å². The Morgan fingerprint density at radius 2 is 1.95 bits per heavy atom. The number of thioether (sulfide) groups is 1. The molecule has 0 bridgehead atoms. The zero-order valence-electron chi connectivity index (χ0n) is 11.2. The number of nitrogens with zero attached hydrogens (tertiary/aromatic N) is 1. The molecule has 0 aromatic heterocycles. The van der Waals surface area contributed by atoms with E-state index < -0.39 is 0 Å². The summed E-state index contributed by atoms with van der Waals surface area (Å²) in [6, 6.07) is 16.4. The Labute approximate surface area is 132 Å². The molecule has 0 atom stereocenters. The number of hydrogen-bond acceptors (Lipinski definition) is 3. The maximum atomic E-state index is 9.35. The van der Waals surface area contributed by atoms with Gasteiger partial charge in [0, 0.05) is 15.9 Å². The summed E-state index contributed by atoms with van der Waals surface area (Å²) < 4.78 is 1.07. The molecule has 0 spiro atoms.